The van der Waals surface area contributed by atoms with Crippen molar-refractivity contribution in [2.75, 3.05) is 5.73 Å². The average molecular weight is 252 g/mol. The number of nitrogens with zero attached hydrogens (tertiary/aromatic N) is 3. The van der Waals surface area contributed by atoms with E-state index in [0.717, 1.165) is 11.3 Å². The third-order valence-corrected chi connectivity index (χ3v) is 2.93. The normalized spacial score (nSPS) is 10.8. The molecule has 2 heterocycles. The summed E-state index contributed by atoms with van der Waals surface area (Å²) in [5, 5.41) is 0. The summed E-state index contributed by atoms with van der Waals surface area (Å²) in [6, 6.07) is 11.1. The minimum atomic E-state index is -0.352. The van der Waals surface area contributed by atoms with E-state index in [1.165, 1.54) is 4.57 Å². The summed E-state index contributed by atoms with van der Waals surface area (Å²) < 4.78 is 1.48. The number of hydrogen-bond donors (Lipinski definition) is 1. The Hall–Kier alpha value is -2.69. The molecule has 5 nitrogen and oxygen atoms in total. The van der Waals surface area contributed by atoms with Crippen LogP contribution < -0.4 is 11.3 Å². The van der Waals surface area contributed by atoms with Crippen molar-refractivity contribution in [1.29, 1.82) is 0 Å². The first-order valence-corrected chi connectivity index (χ1v) is 5.87. The molecular formula is C14H12N4O. The highest BCUT2D eigenvalue weighted by atomic mass is 16.1. The second-order valence-corrected chi connectivity index (χ2v) is 4.32. The zero-order valence-electron chi connectivity index (χ0n) is 10.4. The van der Waals surface area contributed by atoms with E-state index in [0.29, 0.717) is 11.2 Å². The number of benzene rings is 1. The van der Waals surface area contributed by atoms with Gasteiger partial charge in [-0.15, -0.1) is 0 Å². The van der Waals surface area contributed by atoms with E-state index in [-0.39, 0.29) is 11.4 Å². The maximum absolute atomic E-state index is 12.2. The molecule has 2 aromatic heterocycles. The summed E-state index contributed by atoms with van der Waals surface area (Å²) in [4.78, 5) is 20.5. The number of nitrogens with two attached hydrogens (primary N) is 1. The van der Waals surface area contributed by atoms with E-state index in [4.69, 9.17) is 5.73 Å². The van der Waals surface area contributed by atoms with Crippen LogP contribution in [0.25, 0.3) is 16.9 Å². The Balaban J connectivity index is 2.42. The third kappa shape index (κ3) is 1.85. The molecule has 0 aliphatic heterocycles. The van der Waals surface area contributed by atoms with Gasteiger partial charge in [0.25, 0.3) is 5.56 Å². The van der Waals surface area contributed by atoms with Crippen LogP contribution in [0.15, 0.2) is 47.4 Å². The lowest BCUT2D eigenvalue weighted by Crippen LogP contribution is -2.24. The largest absolute Gasteiger partial charge is 0.379 e. The van der Waals surface area contributed by atoms with E-state index in [1.807, 2.05) is 31.2 Å². The van der Waals surface area contributed by atoms with Gasteiger partial charge in [-0.3, -0.25) is 9.36 Å². The fourth-order valence-electron chi connectivity index (χ4n) is 1.97. The molecule has 19 heavy (non-hydrogen) atoms. The van der Waals surface area contributed by atoms with Crippen LogP contribution in [-0.2, 0) is 0 Å². The topological polar surface area (TPSA) is 73.8 Å². The molecule has 0 radical (unpaired) electrons. The van der Waals surface area contributed by atoms with E-state index in [9.17, 15) is 4.79 Å². The van der Waals surface area contributed by atoms with Gasteiger partial charge in [-0.25, -0.2) is 9.97 Å². The molecule has 0 bridgehead atoms. The van der Waals surface area contributed by atoms with Crippen LogP contribution in [0.2, 0.25) is 0 Å². The molecule has 94 valence electrons. The number of nitrogen functional groups attached to an aromatic ring is 1. The number of aryl methyl sites for hydroxylation is 1. The Kier molecular flexibility index (Phi) is 2.52. The first-order valence-electron chi connectivity index (χ1n) is 5.87. The van der Waals surface area contributed by atoms with E-state index < -0.39 is 0 Å². The summed E-state index contributed by atoms with van der Waals surface area (Å²) in [5.74, 6) is -0.0268. The van der Waals surface area contributed by atoms with Gasteiger partial charge < -0.3 is 5.73 Å². The van der Waals surface area contributed by atoms with Gasteiger partial charge in [-0.05, 0) is 31.2 Å². The Bertz CT molecular complexity index is 806. The van der Waals surface area contributed by atoms with Crippen LogP contribution in [-0.4, -0.2) is 14.5 Å². The minimum absolute atomic E-state index is 0.0268. The van der Waals surface area contributed by atoms with Gasteiger partial charge in [-0.2, -0.15) is 0 Å². The Labute approximate surface area is 109 Å². The predicted molar refractivity (Wildman–Crippen MR) is 74.3 cm³/mol. The highest BCUT2D eigenvalue weighted by molar-refractivity contribution is 5.73. The first-order chi connectivity index (χ1) is 9.16. The maximum Gasteiger partial charge on any atom is 0.299 e. The van der Waals surface area contributed by atoms with Gasteiger partial charge in [0.2, 0.25) is 0 Å². The number of hydrogen-bond acceptors (Lipinski definition) is 4. The molecule has 0 unspecified atom stereocenters. The van der Waals surface area contributed by atoms with Crippen molar-refractivity contribution in [3.8, 4) is 5.69 Å². The smallest absolute Gasteiger partial charge is 0.299 e. The lowest BCUT2D eigenvalue weighted by atomic mass is 10.2. The third-order valence-electron chi connectivity index (χ3n) is 2.93. The minimum Gasteiger partial charge on any atom is -0.379 e. The van der Waals surface area contributed by atoms with Gasteiger partial charge >= 0.3 is 0 Å². The van der Waals surface area contributed by atoms with Crippen LogP contribution in [0.4, 0.5) is 5.82 Å². The van der Waals surface area contributed by atoms with Crippen LogP contribution in [0.3, 0.4) is 0 Å². The molecular weight excluding hydrogens is 240 g/mol. The fraction of sp³-hybridized carbons (Fsp3) is 0.0714. The highest BCUT2D eigenvalue weighted by Gasteiger charge is 2.10. The summed E-state index contributed by atoms with van der Waals surface area (Å²) in [6.45, 7) is 1.99. The van der Waals surface area contributed by atoms with Crippen LogP contribution in [0.5, 0.6) is 0 Å². The van der Waals surface area contributed by atoms with Crippen molar-refractivity contribution >= 4 is 17.0 Å². The molecule has 0 atom stereocenters. The molecule has 5 heteroatoms. The number of anilines is 1. The summed E-state index contributed by atoms with van der Waals surface area (Å²) in [6.07, 6.45) is 1.63. The molecule has 0 aliphatic carbocycles. The predicted octanol–water partition coefficient (Wildman–Crippen LogP) is 1.67. The highest BCUT2D eigenvalue weighted by Crippen LogP contribution is 2.14. The molecule has 3 rings (SSSR count). The fourth-order valence-corrected chi connectivity index (χ4v) is 1.97. The SMILES string of the molecule is Cc1ccc(-n2c(=O)c(N)nc3cccnc32)cc1. The Morgan fingerprint density at radius 1 is 1.16 bits per heavy atom. The van der Waals surface area contributed by atoms with Crippen molar-refractivity contribution in [3.63, 3.8) is 0 Å². The van der Waals surface area contributed by atoms with Crippen molar-refractivity contribution in [1.82, 2.24) is 14.5 Å². The van der Waals surface area contributed by atoms with Gasteiger partial charge in [0.05, 0.1) is 5.69 Å². The first kappa shape index (κ1) is 11.4. The van der Waals surface area contributed by atoms with Crippen LogP contribution in [0, 0.1) is 6.92 Å². The lowest BCUT2D eigenvalue weighted by molar-refractivity contribution is 0.996. The average Bonchev–Trinajstić information content (AvgIpc) is 2.42. The van der Waals surface area contributed by atoms with Gasteiger partial charge in [0.15, 0.2) is 11.5 Å². The van der Waals surface area contributed by atoms with E-state index in [1.54, 1.807) is 18.3 Å². The second kappa shape index (κ2) is 4.20. The van der Waals surface area contributed by atoms with Crippen molar-refractivity contribution in [2.24, 2.45) is 0 Å². The molecule has 0 spiro atoms. The van der Waals surface area contributed by atoms with Crippen LogP contribution in [0.1, 0.15) is 5.56 Å². The Morgan fingerprint density at radius 3 is 2.63 bits per heavy atom. The summed E-state index contributed by atoms with van der Waals surface area (Å²) >= 11 is 0. The maximum atomic E-state index is 12.2. The molecule has 0 saturated carbocycles. The molecule has 1 aromatic carbocycles. The number of aromatic nitrogens is 3. The molecule has 2 N–H and O–H groups in total. The zero-order chi connectivity index (χ0) is 13.4. The number of fused-ring (bicyclic) bond motifs is 1. The number of rotatable bonds is 1. The molecule has 0 amide bonds. The number of pyridine rings is 1. The van der Waals surface area contributed by atoms with Gasteiger partial charge in [-0.1, -0.05) is 17.7 Å². The van der Waals surface area contributed by atoms with Crippen molar-refractivity contribution < 1.29 is 0 Å². The van der Waals surface area contributed by atoms with E-state index >= 15 is 0 Å². The second-order valence-electron chi connectivity index (χ2n) is 4.32. The molecule has 0 saturated heterocycles. The molecule has 0 fully saturated rings. The molecule has 0 aliphatic rings. The lowest BCUT2D eigenvalue weighted by Gasteiger charge is -2.09. The Morgan fingerprint density at radius 2 is 1.89 bits per heavy atom. The summed E-state index contributed by atoms with van der Waals surface area (Å²) in [7, 11) is 0. The molecule has 3 aromatic rings. The summed E-state index contributed by atoms with van der Waals surface area (Å²) in [5.41, 5.74) is 8.28. The monoisotopic (exact) mass is 252 g/mol. The van der Waals surface area contributed by atoms with Crippen LogP contribution >= 0.6 is 0 Å². The van der Waals surface area contributed by atoms with Crippen molar-refractivity contribution in [2.45, 2.75) is 6.92 Å². The standard InChI is InChI=1S/C14H12N4O/c1-9-4-6-10(7-5-9)18-13-11(3-2-8-16-13)17-12(15)14(18)19/h2-8H,1H3,(H2,15,17). The van der Waals surface area contributed by atoms with Gasteiger partial charge in [0.1, 0.15) is 5.52 Å². The van der Waals surface area contributed by atoms with Crippen molar-refractivity contribution in [3.05, 3.63) is 58.5 Å². The van der Waals surface area contributed by atoms with E-state index in [2.05, 4.69) is 9.97 Å². The van der Waals surface area contributed by atoms with Gasteiger partial charge in [0, 0.05) is 6.20 Å². The zero-order valence-corrected chi connectivity index (χ0v) is 10.4. The quantitative estimate of drug-likeness (QED) is 0.715.